The molecule has 0 aliphatic carbocycles. The standard InChI is InChI=1S/C66H124O6/c1-4-7-10-13-16-18-20-22-23-24-25-26-27-28-29-30-31-32-33-34-35-36-37-38-39-40-41-42-43-45-46-48-50-53-56-59-65(68)71-62-63(61-70-64(67)58-55-52-15-12-9-6-3)72-66(69)60-57-54-51-49-47-44-21-19-17-14-11-8-5-2/h20,22,24-25,63H,4-19,21,23,26-62H2,1-3H3/b22-20-,25-24-. The summed E-state index contributed by atoms with van der Waals surface area (Å²) in [5.41, 5.74) is 0. The van der Waals surface area contributed by atoms with Gasteiger partial charge in [-0.05, 0) is 51.4 Å². The summed E-state index contributed by atoms with van der Waals surface area (Å²) in [7, 11) is 0. The molecular weight excluding hydrogens is 889 g/mol. The molecular formula is C66H124O6. The van der Waals surface area contributed by atoms with E-state index < -0.39 is 6.10 Å². The first-order chi connectivity index (χ1) is 35.5. The third kappa shape index (κ3) is 58.8. The number of hydrogen-bond donors (Lipinski definition) is 0. The Bertz CT molecular complexity index is 1160. The van der Waals surface area contributed by atoms with Gasteiger partial charge in [0.2, 0.25) is 0 Å². The number of carbonyl (C=O) groups excluding carboxylic acids is 3. The van der Waals surface area contributed by atoms with E-state index in [1.54, 1.807) is 0 Å². The Labute approximate surface area is 449 Å². The van der Waals surface area contributed by atoms with Crippen molar-refractivity contribution in [2.45, 2.75) is 367 Å². The zero-order valence-electron chi connectivity index (χ0n) is 48.7. The van der Waals surface area contributed by atoms with Crippen LogP contribution in [-0.4, -0.2) is 37.2 Å². The van der Waals surface area contributed by atoms with Crippen LogP contribution in [0.5, 0.6) is 0 Å². The summed E-state index contributed by atoms with van der Waals surface area (Å²) in [6, 6.07) is 0. The summed E-state index contributed by atoms with van der Waals surface area (Å²) in [5, 5.41) is 0. The minimum Gasteiger partial charge on any atom is -0.462 e. The molecule has 0 aliphatic heterocycles. The van der Waals surface area contributed by atoms with Crippen molar-refractivity contribution in [3.8, 4) is 0 Å². The van der Waals surface area contributed by atoms with Crippen molar-refractivity contribution in [1.82, 2.24) is 0 Å². The van der Waals surface area contributed by atoms with Gasteiger partial charge < -0.3 is 14.2 Å². The summed E-state index contributed by atoms with van der Waals surface area (Å²) in [4.78, 5) is 37.9. The maximum Gasteiger partial charge on any atom is 0.306 e. The normalized spacial score (nSPS) is 12.1. The van der Waals surface area contributed by atoms with E-state index in [0.717, 1.165) is 64.2 Å². The molecule has 0 radical (unpaired) electrons. The lowest BCUT2D eigenvalue weighted by Gasteiger charge is -2.18. The van der Waals surface area contributed by atoms with Crippen LogP contribution >= 0.6 is 0 Å². The van der Waals surface area contributed by atoms with Crippen LogP contribution in [0, 0.1) is 0 Å². The van der Waals surface area contributed by atoms with E-state index >= 15 is 0 Å². The molecule has 0 heterocycles. The highest BCUT2D eigenvalue weighted by Gasteiger charge is 2.19. The predicted octanol–water partition coefficient (Wildman–Crippen LogP) is 21.8. The first kappa shape index (κ1) is 69.9. The monoisotopic (exact) mass is 1010 g/mol. The van der Waals surface area contributed by atoms with E-state index in [9.17, 15) is 14.4 Å². The van der Waals surface area contributed by atoms with E-state index in [-0.39, 0.29) is 31.1 Å². The zero-order valence-corrected chi connectivity index (χ0v) is 48.7. The minimum atomic E-state index is -0.761. The molecule has 72 heavy (non-hydrogen) atoms. The molecule has 0 aromatic heterocycles. The molecule has 6 nitrogen and oxygen atoms in total. The van der Waals surface area contributed by atoms with Gasteiger partial charge in [0.15, 0.2) is 6.10 Å². The summed E-state index contributed by atoms with van der Waals surface area (Å²) in [6.07, 6.45) is 73.9. The van der Waals surface area contributed by atoms with Crippen LogP contribution in [0.25, 0.3) is 0 Å². The van der Waals surface area contributed by atoms with E-state index in [0.29, 0.717) is 19.3 Å². The van der Waals surface area contributed by atoms with Gasteiger partial charge in [0.25, 0.3) is 0 Å². The number of unbranched alkanes of at least 4 members (excludes halogenated alkanes) is 45. The highest BCUT2D eigenvalue weighted by atomic mass is 16.6. The Kier molecular flexibility index (Phi) is 59.6. The number of allylic oxidation sites excluding steroid dienone is 4. The fraction of sp³-hybridized carbons (Fsp3) is 0.894. The number of hydrogen-bond acceptors (Lipinski definition) is 6. The van der Waals surface area contributed by atoms with Crippen molar-refractivity contribution < 1.29 is 28.6 Å². The van der Waals surface area contributed by atoms with E-state index in [1.807, 2.05) is 0 Å². The molecule has 1 unspecified atom stereocenters. The van der Waals surface area contributed by atoms with Crippen LogP contribution in [0.2, 0.25) is 0 Å². The average molecular weight is 1010 g/mol. The van der Waals surface area contributed by atoms with Gasteiger partial charge in [-0.15, -0.1) is 0 Å². The molecule has 0 bridgehead atoms. The van der Waals surface area contributed by atoms with Crippen molar-refractivity contribution >= 4 is 17.9 Å². The summed E-state index contributed by atoms with van der Waals surface area (Å²) in [6.45, 7) is 6.62. The Balaban J connectivity index is 3.84. The zero-order chi connectivity index (χ0) is 52.2. The molecule has 0 amide bonds. The topological polar surface area (TPSA) is 78.9 Å². The van der Waals surface area contributed by atoms with Gasteiger partial charge in [-0.2, -0.15) is 0 Å². The molecule has 1 atom stereocenters. The molecule has 0 saturated carbocycles. The van der Waals surface area contributed by atoms with Crippen molar-refractivity contribution in [2.75, 3.05) is 13.2 Å². The molecule has 0 rings (SSSR count). The largest absolute Gasteiger partial charge is 0.462 e. The van der Waals surface area contributed by atoms with Gasteiger partial charge in [0.05, 0.1) is 0 Å². The van der Waals surface area contributed by atoms with Crippen LogP contribution in [0.4, 0.5) is 0 Å². The molecule has 0 aromatic rings. The van der Waals surface area contributed by atoms with Gasteiger partial charge in [-0.25, -0.2) is 0 Å². The Morgan fingerprint density at radius 3 is 0.764 bits per heavy atom. The van der Waals surface area contributed by atoms with Crippen molar-refractivity contribution in [1.29, 1.82) is 0 Å². The molecule has 0 aromatic carbocycles. The lowest BCUT2D eigenvalue weighted by molar-refractivity contribution is -0.167. The summed E-state index contributed by atoms with van der Waals surface area (Å²) >= 11 is 0. The molecule has 0 N–H and O–H groups in total. The SMILES string of the molecule is CCCCCCC/C=C\C/C=C\CCCCCCCCCCCCCCCCCCCCCCCCCC(=O)OCC(COC(=O)CCCCCCCC)OC(=O)CCCCCCCCCCCCCCC. The second kappa shape index (κ2) is 61.4. The Morgan fingerprint density at radius 1 is 0.278 bits per heavy atom. The Morgan fingerprint density at radius 2 is 0.500 bits per heavy atom. The van der Waals surface area contributed by atoms with Crippen LogP contribution < -0.4 is 0 Å². The second-order valence-electron chi connectivity index (χ2n) is 22.0. The highest BCUT2D eigenvalue weighted by Crippen LogP contribution is 2.18. The molecule has 424 valence electrons. The number of ether oxygens (including phenoxy) is 3. The van der Waals surface area contributed by atoms with Gasteiger partial charge >= 0.3 is 17.9 Å². The van der Waals surface area contributed by atoms with Gasteiger partial charge in [-0.1, -0.05) is 315 Å². The van der Waals surface area contributed by atoms with E-state index in [4.69, 9.17) is 14.2 Å². The highest BCUT2D eigenvalue weighted by molar-refractivity contribution is 5.71. The van der Waals surface area contributed by atoms with Gasteiger partial charge in [-0.3, -0.25) is 14.4 Å². The van der Waals surface area contributed by atoms with Crippen molar-refractivity contribution in [3.63, 3.8) is 0 Å². The summed E-state index contributed by atoms with van der Waals surface area (Å²) in [5.74, 6) is -0.852. The molecule has 0 spiro atoms. The van der Waals surface area contributed by atoms with Crippen LogP contribution in [0.3, 0.4) is 0 Å². The maximum atomic E-state index is 12.8. The number of rotatable bonds is 60. The van der Waals surface area contributed by atoms with Crippen LogP contribution in [0.1, 0.15) is 361 Å². The lowest BCUT2D eigenvalue weighted by atomic mass is 10.0. The van der Waals surface area contributed by atoms with E-state index in [2.05, 4.69) is 45.1 Å². The fourth-order valence-corrected chi connectivity index (χ4v) is 9.83. The molecule has 0 saturated heterocycles. The Hall–Kier alpha value is -2.11. The third-order valence-corrected chi connectivity index (χ3v) is 14.7. The smallest absolute Gasteiger partial charge is 0.306 e. The lowest BCUT2D eigenvalue weighted by Crippen LogP contribution is -2.30. The number of esters is 3. The van der Waals surface area contributed by atoms with Crippen LogP contribution in [0.15, 0.2) is 24.3 Å². The van der Waals surface area contributed by atoms with Crippen LogP contribution in [-0.2, 0) is 28.6 Å². The van der Waals surface area contributed by atoms with Crippen molar-refractivity contribution in [2.24, 2.45) is 0 Å². The molecule has 0 aliphatic rings. The van der Waals surface area contributed by atoms with Gasteiger partial charge in [0.1, 0.15) is 13.2 Å². The molecule has 0 fully saturated rings. The van der Waals surface area contributed by atoms with E-state index in [1.165, 1.54) is 257 Å². The number of carbonyl (C=O) groups is 3. The van der Waals surface area contributed by atoms with Gasteiger partial charge in [0, 0.05) is 19.3 Å². The average Bonchev–Trinajstić information content (AvgIpc) is 3.38. The minimum absolute atomic E-state index is 0.0644. The maximum absolute atomic E-state index is 12.8. The quantitative estimate of drug-likeness (QED) is 0.0261. The first-order valence-corrected chi connectivity index (χ1v) is 32.3. The molecule has 6 heteroatoms. The predicted molar refractivity (Wildman–Crippen MR) is 312 cm³/mol. The first-order valence-electron chi connectivity index (χ1n) is 32.3. The van der Waals surface area contributed by atoms with Crippen molar-refractivity contribution in [3.05, 3.63) is 24.3 Å². The second-order valence-corrected chi connectivity index (χ2v) is 22.0. The summed E-state index contributed by atoms with van der Waals surface area (Å²) < 4.78 is 16.8. The third-order valence-electron chi connectivity index (χ3n) is 14.7. The fourth-order valence-electron chi connectivity index (χ4n) is 9.83.